The number of aliphatic hydroxyl groups is 1. The van der Waals surface area contributed by atoms with Crippen LogP contribution in [0.3, 0.4) is 0 Å². The third-order valence-corrected chi connectivity index (χ3v) is 2.76. The van der Waals surface area contributed by atoms with E-state index in [0.717, 1.165) is 24.8 Å². The Morgan fingerprint density at radius 3 is 3.00 bits per heavy atom. The molecule has 0 aliphatic heterocycles. The van der Waals surface area contributed by atoms with Crippen LogP contribution < -0.4 is 4.74 Å². The van der Waals surface area contributed by atoms with E-state index in [-0.39, 0.29) is 11.4 Å². The van der Waals surface area contributed by atoms with Crippen molar-refractivity contribution in [3.8, 4) is 5.88 Å². The van der Waals surface area contributed by atoms with Gasteiger partial charge in [0.25, 0.3) is 0 Å². The van der Waals surface area contributed by atoms with Gasteiger partial charge in [0.2, 0.25) is 11.2 Å². The molecule has 15 heavy (non-hydrogen) atoms. The van der Waals surface area contributed by atoms with Gasteiger partial charge in [-0.3, -0.25) is 0 Å². The number of aryl methyl sites for hydroxylation is 1. The van der Waals surface area contributed by atoms with Crippen molar-refractivity contribution >= 4 is 11.6 Å². The molecular formula is C10H13ClN2O2. The van der Waals surface area contributed by atoms with E-state index in [1.54, 1.807) is 6.20 Å². The third kappa shape index (κ3) is 2.38. The van der Waals surface area contributed by atoms with Crippen LogP contribution in [0.25, 0.3) is 0 Å². The lowest BCUT2D eigenvalue weighted by Crippen LogP contribution is -2.26. The number of nitrogens with zero attached hydrogens (tertiary/aromatic N) is 2. The predicted molar refractivity (Wildman–Crippen MR) is 56.1 cm³/mol. The first-order valence-electron chi connectivity index (χ1n) is 5.00. The first-order valence-corrected chi connectivity index (χ1v) is 5.38. The van der Waals surface area contributed by atoms with Crippen molar-refractivity contribution in [1.82, 2.24) is 9.97 Å². The second kappa shape index (κ2) is 4.33. The lowest BCUT2D eigenvalue weighted by atomic mass is 10.2. The Kier molecular flexibility index (Phi) is 3.07. The maximum absolute atomic E-state index is 9.61. The maximum atomic E-state index is 9.61. The monoisotopic (exact) mass is 228 g/mol. The molecule has 0 saturated heterocycles. The van der Waals surface area contributed by atoms with E-state index in [0.29, 0.717) is 5.88 Å². The molecule has 1 aromatic heterocycles. The zero-order chi connectivity index (χ0) is 10.8. The molecule has 1 unspecified atom stereocenters. The first-order chi connectivity index (χ1) is 7.16. The Labute approximate surface area is 93.3 Å². The summed E-state index contributed by atoms with van der Waals surface area (Å²) in [6.45, 7) is 1.85. The van der Waals surface area contributed by atoms with Gasteiger partial charge in [0.15, 0.2) is 0 Å². The highest BCUT2D eigenvalue weighted by Gasteiger charge is 2.27. The summed E-state index contributed by atoms with van der Waals surface area (Å²) in [6.07, 6.45) is 3.72. The molecule has 4 nitrogen and oxygen atoms in total. The van der Waals surface area contributed by atoms with Crippen LogP contribution in [0.2, 0.25) is 5.28 Å². The normalized spacial score (nSPS) is 25.5. The largest absolute Gasteiger partial charge is 0.471 e. The summed E-state index contributed by atoms with van der Waals surface area (Å²) in [5, 5.41) is 9.78. The van der Waals surface area contributed by atoms with Gasteiger partial charge in [0.1, 0.15) is 6.10 Å². The van der Waals surface area contributed by atoms with E-state index in [9.17, 15) is 5.11 Å². The van der Waals surface area contributed by atoms with E-state index < -0.39 is 6.10 Å². The van der Waals surface area contributed by atoms with Gasteiger partial charge in [-0.1, -0.05) is 0 Å². The smallest absolute Gasteiger partial charge is 0.225 e. The van der Waals surface area contributed by atoms with Crippen LogP contribution in [-0.4, -0.2) is 27.3 Å². The highest BCUT2D eigenvalue weighted by atomic mass is 35.5. The van der Waals surface area contributed by atoms with Gasteiger partial charge in [-0.25, -0.2) is 4.98 Å². The van der Waals surface area contributed by atoms with Gasteiger partial charge in [-0.2, -0.15) is 4.98 Å². The fourth-order valence-corrected chi connectivity index (χ4v) is 1.84. The number of halogens is 1. The molecule has 0 spiro atoms. The highest BCUT2D eigenvalue weighted by Crippen LogP contribution is 2.25. The van der Waals surface area contributed by atoms with Gasteiger partial charge < -0.3 is 9.84 Å². The second-order valence-electron chi connectivity index (χ2n) is 3.78. The van der Waals surface area contributed by atoms with E-state index in [1.807, 2.05) is 6.92 Å². The summed E-state index contributed by atoms with van der Waals surface area (Å²) in [5.41, 5.74) is 0.832. The minimum Gasteiger partial charge on any atom is -0.471 e. The second-order valence-corrected chi connectivity index (χ2v) is 4.12. The van der Waals surface area contributed by atoms with Gasteiger partial charge in [0.05, 0.1) is 6.10 Å². The van der Waals surface area contributed by atoms with Crippen molar-refractivity contribution in [3.05, 3.63) is 17.0 Å². The molecule has 1 fully saturated rings. The first kappa shape index (κ1) is 10.6. The van der Waals surface area contributed by atoms with Gasteiger partial charge >= 0.3 is 0 Å². The highest BCUT2D eigenvalue weighted by molar-refractivity contribution is 6.28. The SMILES string of the molecule is Cc1cnc(Cl)nc1OC1CCC[C@H]1O. The molecule has 0 amide bonds. The maximum Gasteiger partial charge on any atom is 0.225 e. The lowest BCUT2D eigenvalue weighted by molar-refractivity contribution is 0.0568. The number of aromatic nitrogens is 2. The van der Waals surface area contributed by atoms with Crippen molar-refractivity contribution < 1.29 is 9.84 Å². The summed E-state index contributed by atoms with van der Waals surface area (Å²) in [6, 6.07) is 0. The molecule has 1 heterocycles. The Hall–Kier alpha value is -0.870. The standard InChI is InChI=1S/C10H13ClN2O2/c1-6-5-12-10(11)13-9(6)15-8-4-2-3-7(8)14/h5,7-8,14H,2-4H2,1H3/t7-,8?/m1/s1. The quantitative estimate of drug-likeness (QED) is 0.784. The fourth-order valence-electron chi connectivity index (χ4n) is 1.71. The van der Waals surface area contributed by atoms with E-state index >= 15 is 0 Å². The van der Waals surface area contributed by atoms with Gasteiger partial charge in [0, 0.05) is 11.8 Å². The summed E-state index contributed by atoms with van der Waals surface area (Å²) in [5.74, 6) is 0.473. The molecule has 1 saturated carbocycles. The molecule has 5 heteroatoms. The molecule has 1 aromatic rings. The van der Waals surface area contributed by atoms with Crippen molar-refractivity contribution in [2.24, 2.45) is 0 Å². The van der Waals surface area contributed by atoms with Gasteiger partial charge in [-0.05, 0) is 37.8 Å². The molecule has 1 aliphatic rings. The van der Waals surface area contributed by atoms with Crippen LogP contribution in [0.4, 0.5) is 0 Å². The minimum absolute atomic E-state index is 0.158. The summed E-state index contributed by atoms with van der Waals surface area (Å²) >= 11 is 5.67. The van der Waals surface area contributed by atoms with Crippen LogP contribution in [0.1, 0.15) is 24.8 Å². The molecular weight excluding hydrogens is 216 g/mol. The summed E-state index contributed by atoms with van der Waals surface area (Å²) in [4.78, 5) is 7.84. The molecule has 82 valence electrons. The number of aliphatic hydroxyl groups excluding tert-OH is 1. The Balaban J connectivity index is 2.12. The van der Waals surface area contributed by atoms with Crippen LogP contribution in [-0.2, 0) is 0 Å². The number of hydrogen-bond acceptors (Lipinski definition) is 4. The topological polar surface area (TPSA) is 55.2 Å². The Morgan fingerprint density at radius 2 is 2.33 bits per heavy atom. The van der Waals surface area contributed by atoms with Crippen LogP contribution in [0, 0.1) is 6.92 Å². The van der Waals surface area contributed by atoms with Crippen LogP contribution >= 0.6 is 11.6 Å². The molecule has 2 rings (SSSR count). The summed E-state index contributed by atoms with van der Waals surface area (Å²) < 4.78 is 5.61. The fraction of sp³-hybridized carbons (Fsp3) is 0.600. The lowest BCUT2D eigenvalue weighted by Gasteiger charge is -2.17. The molecule has 0 aromatic carbocycles. The number of ether oxygens (including phenoxy) is 1. The Bertz CT molecular complexity index is 359. The molecule has 1 N–H and O–H groups in total. The van der Waals surface area contributed by atoms with Crippen LogP contribution in [0.5, 0.6) is 5.88 Å². The number of rotatable bonds is 2. The predicted octanol–water partition coefficient (Wildman–Crippen LogP) is 1.73. The molecule has 0 bridgehead atoms. The molecule has 1 aliphatic carbocycles. The average molecular weight is 229 g/mol. The molecule has 0 radical (unpaired) electrons. The van der Waals surface area contributed by atoms with Crippen molar-refractivity contribution in [2.45, 2.75) is 38.4 Å². The van der Waals surface area contributed by atoms with Crippen molar-refractivity contribution in [3.63, 3.8) is 0 Å². The van der Waals surface area contributed by atoms with E-state index in [4.69, 9.17) is 16.3 Å². The van der Waals surface area contributed by atoms with E-state index in [1.165, 1.54) is 0 Å². The zero-order valence-electron chi connectivity index (χ0n) is 8.48. The molecule has 2 atom stereocenters. The minimum atomic E-state index is -0.391. The third-order valence-electron chi connectivity index (χ3n) is 2.58. The van der Waals surface area contributed by atoms with Crippen molar-refractivity contribution in [1.29, 1.82) is 0 Å². The van der Waals surface area contributed by atoms with Gasteiger partial charge in [-0.15, -0.1) is 0 Å². The summed E-state index contributed by atoms with van der Waals surface area (Å²) in [7, 11) is 0. The Morgan fingerprint density at radius 1 is 1.53 bits per heavy atom. The number of hydrogen-bond donors (Lipinski definition) is 1. The zero-order valence-corrected chi connectivity index (χ0v) is 9.24. The van der Waals surface area contributed by atoms with Crippen LogP contribution in [0.15, 0.2) is 6.20 Å². The van der Waals surface area contributed by atoms with E-state index in [2.05, 4.69) is 9.97 Å². The van der Waals surface area contributed by atoms with Crippen molar-refractivity contribution in [2.75, 3.05) is 0 Å². The average Bonchev–Trinajstić information content (AvgIpc) is 2.58.